The number of imidazole rings is 1. The van der Waals surface area contributed by atoms with Gasteiger partial charge in [-0.2, -0.15) is 0 Å². The standard InChI is InChI=1S/C12H10F2N2O2/c1-2-18-12(17)11-15-6-10(16-11)8-5-7(13)3-4-9(8)14/h3-6H,2H2,1H3,(H,15,16). The minimum atomic E-state index is -0.638. The quantitative estimate of drug-likeness (QED) is 0.854. The van der Waals surface area contributed by atoms with E-state index >= 15 is 0 Å². The lowest BCUT2D eigenvalue weighted by Gasteiger charge is -2.00. The van der Waals surface area contributed by atoms with Crippen LogP contribution in [0.25, 0.3) is 11.3 Å². The number of carbonyl (C=O) groups excluding carboxylic acids is 1. The van der Waals surface area contributed by atoms with E-state index in [2.05, 4.69) is 9.97 Å². The SMILES string of the molecule is CCOC(=O)c1ncc(-c2cc(F)ccc2F)[nH]1. The molecular formula is C12H10F2N2O2. The summed E-state index contributed by atoms with van der Waals surface area (Å²) in [5.74, 6) is -1.86. The van der Waals surface area contributed by atoms with E-state index in [1.807, 2.05) is 0 Å². The second kappa shape index (κ2) is 4.95. The molecule has 0 atom stereocenters. The average Bonchev–Trinajstić information content (AvgIpc) is 2.82. The Morgan fingerprint density at radius 2 is 2.22 bits per heavy atom. The molecule has 0 aliphatic heterocycles. The van der Waals surface area contributed by atoms with Crippen LogP contribution in [-0.2, 0) is 4.74 Å². The van der Waals surface area contributed by atoms with Crippen LogP contribution in [0.3, 0.4) is 0 Å². The summed E-state index contributed by atoms with van der Waals surface area (Å²) in [6.45, 7) is 1.87. The molecule has 2 rings (SSSR count). The second-order valence-electron chi connectivity index (χ2n) is 3.49. The number of benzene rings is 1. The van der Waals surface area contributed by atoms with Gasteiger partial charge in [0.1, 0.15) is 11.6 Å². The molecule has 0 aliphatic carbocycles. The van der Waals surface area contributed by atoms with Crippen LogP contribution in [0.15, 0.2) is 24.4 Å². The van der Waals surface area contributed by atoms with Crippen molar-refractivity contribution in [1.29, 1.82) is 0 Å². The number of hydrogen-bond donors (Lipinski definition) is 1. The first-order valence-electron chi connectivity index (χ1n) is 5.29. The van der Waals surface area contributed by atoms with E-state index in [0.717, 1.165) is 18.2 Å². The van der Waals surface area contributed by atoms with Gasteiger partial charge in [-0.15, -0.1) is 0 Å². The number of carbonyl (C=O) groups is 1. The topological polar surface area (TPSA) is 55.0 Å². The van der Waals surface area contributed by atoms with Gasteiger partial charge in [0, 0.05) is 5.56 Å². The lowest BCUT2D eigenvalue weighted by atomic mass is 10.1. The molecule has 4 nitrogen and oxygen atoms in total. The van der Waals surface area contributed by atoms with Crippen molar-refractivity contribution >= 4 is 5.97 Å². The Morgan fingerprint density at radius 1 is 1.44 bits per heavy atom. The third-order valence-corrected chi connectivity index (χ3v) is 2.26. The molecule has 0 aliphatic rings. The van der Waals surface area contributed by atoms with Crippen LogP contribution in [0, 0.1) is 11.6 Å². The number of halogens is 2. The average molecular weight is 252 g/mol. The summed E-state index contributed by atoms with van der Waals surface area (Å²) in [6.07, 6.45) is 1.25. The number of hydrogen-bond acceptors (Lipinski definition) is 3. The molecule has 0 spiro atoms. The predicted octanol–water partition coefficient (Wildman–Crippen LogP) is 2.53. The lowest BCUT2D eigenvalue weighted by Crippen LogP contribution is -2.06. The summed E-state index contributed by atoms with van der Waals surface area (Å²) in [5.41, 5.74) is 0.230. The smallest absolute Gasteiger partial charge is 0.374 e. The molecule has 1 N–H and O–H groups in total. The highest BCUT2D eigenvalue weighted by atomic mass is 19.1. The lowest BCUT2D eigenvalue weighted by molar-refractivity contribution is 0.0513. The highest BCUT2D eigenvalue weighted by Gasteiger charge is 2.14. The highest BCUT2D eigenvalue weighted by Crippen LogP contribution is 2.22. The van der Waals surface area contributed by atoms with Gasteiger partial charge >= 0.3 is 5.97 Å². The zero-order valence-corrected chi connectivity index (χ0v) is 9.54. The van der Waals surface area contributed by atoms with Gasteiger partial charge < -0.3 is 9.72 Å². The summed E-state index contributed by atoms with van der Waals surface area (Å²) in [5, 5.41) is 0. The zero-order valence-electron chi connectivity index (χ0n) is 9.54. The summed E-state index contributed by atoms with van der Waals surface area (Å²) in [6, 6.07) is 3.05. The Morgan fingerprint density at radius 3 is 2.94 bits per heavy atom. The fraction of sp³-hybridized carbons (Fsp3) is 0.167. The molecule has 1 aromatic carbocycles. The Hall–Kier alpha value is -2.24. The number of ether oxygens (including phenoxy) is 1. The fourth-order valence-electron chi connectivity index (χ4n) is 1.47. The van der Waals surface area contributed by atoms with E-state index in [1.165, 1.54) is 6.20 Å². The number of aromatic nitrogens is 2. The number of esters is 1. The van der Waals surface area contributed by atoms with Crippen LogP contribution >= 0.6 is 0 Å². The first kappa shape index (κ1) is 12.2. The maximum Gasteiger partial charge on any atom is 0.374 e. The molecule has 0 unspecified atom stereocenters. The van der Waals surface area contributed by atoms with Crippen molar-refractivity contribution in [2.75, 3.05) is 6.61 Å². The Bertz CT molecular complexity index is 581. The van der Waals surface area contributed by atoms with Gasteiger partial charge in [0.25, 0.3) is 0 Å². The van der Waals surface area contributed by atoms with Gasteiger partial charge in [0.15, 0.2) is 0 Å². The summed E-state index contributed by atoms with van der Waals surface area (Å²) in [4.78, 5) is 17.7. The van der Waals surface area contributed by atoms with Crippen molar-refractivity contribution in [2.45, 2.75) is 6.92 Å². The van der Waals surface area contributed by atoms with E-state index in [1.54, 1.807) is 6.92 Å². The minimum absolute atomic E-state index is 0.0121. The number of rotatable bonds is 3. The second-order valence-corrected chi connectivity index (χ2v) is 3.49. The fourth-order valence-corrected chi connectivity index (χ4v) is 1.47. The monoisotopic (exact) mass is 252 g/mol. The number of H-pyrrole nitrogens is 1. The Balaban J connectivity index is 2.35. The van der Waals surface area contributed by atoms with Crippen molar-refractivity contribution < 1.29 is 18.3 Å². The summed E-state index contributed by atoms with van der Waals surface area (Å²) >= 11 is 0. The first-order valence-corrected chi connectivity index (χ1v) is 5.29. The zero-order chi connectivity index (χ0) is 13.1. The Labute approximate surface area is 102 Å². The molecule has 1 aromatic heterocycles. The van der Waals surface area contributed by atoms with E-state index in [0.29, 0.717) is 0 Å². The maximum atomic E-state index is 13.5. The van der Waals surface area contributed by atoms with Crippen LogP contribution < -0.4 is 0 Å². The molecule has 0 fully saturated rings. The third-order valence-electron chi connectivity index (χ3n) is 2.26. The molecule has 2 aromatic rings. The maximum absolute atomic E-state index is 13.5. The van der Waals surface area contributed by atoms with E-state index in [4.69, 9.17) is 4.74 Å². The molecule has 1 heterocycles. The molecule has 18 heavy (non-hydrogen) atoms. The molecule has 0 bridgehead atoms. The normalized spacial score (nSPS) is 10.4. The molecule has 0 saturated heterocycles. The van der Waals surface area contributed by atoms with E-state index < -0.39 is 17.6 Å². The molecular weight excluding hydrogens is 242 g/mol. The molecule has 6 heteroatoms. The summed E-state index contributed by atoms with van der Waals surface area (Å²) < 4.78 is 31.2. The van der Waals surface area contributed by atoms with Crippen molar-refractivity contribution in [3.05, 3.63) is 41.9 Å². The van der Waals surface area contributed by atoms with Gasteiger partial charge in [0.2, 0.25) is 5.82 Å². The molecule has 0 amide bonds. The number of aromatic amines is 1. The van der Waals surface area contributed by atoms with Gasteiger partial charge in [0.05, 0.1) is 18.5 Å². The van der Waals surface area contributed by atoms with Crippen LogP contribution in [0.5, 0.6) is 0 Å². The van der Waals surface area contributed by atoms with Crippen LogP contribution in [-0.4, -0.2) is 22.5 Å². The van der Waals surface area contributed by atoms with Crippen LogP contribution in [0.2, 0.25) is 0 Å². The predicted molar refractivity (Wildman–Crippen MR) is 59.9 cm³/mol. The summed E-state index contributed by atoms with van der Waals surface area (Å²) in [7, 11) is 0. The van der Waals surface area contributed by atoms with Gasteiger partial charge in [-0.1, -0.05) is 0 Å². The highest BCUT2D eigenvalue weighted by molar-refractivity contribution is 5.86. The Kier molecular flexibility index (Phi) is 3.36. The van der Waals surface area contributed by atoms with Crippen molar-refractivity contribution in [2.24, 2.45) is 0 Å². The van der Waals surface area contributed by atoms with Crippen molar-refractivity contribution in [3.8, 4) is 11.3 Å². The van der Waals surface area contributed by atoms with Gasteiger partial charge in [-0.3, -0.25) is 0 Å². The van der Waals surface area contributed by atoms with Crippen LogP contribution in [0.1, 0.15) is 17.5 Å². The number of nitrogens with one attached hydrogen (secondary N) is 1. The van der Waals surface area contributed by atoms with Gasteiger partial charge in [-0.05, 0) is 25.1 Å². The van der Waals surface area contributed by atoms with E-state index in [9.17, 15) is 13.6 Å². The third kappa shape index (κ3) is 2.37. The largest absolute Gasteiger partial charge is 0.460 e. The number of nitrogens with zero attached hydrogens (tertiary/aromatic N) is 1. The van der Waals surface area contributed by atoms with Crippen molar-refractivity contribution in [1.82, 2.24) is 9.97 Å². The minimum Gasteiger partial charge on any atom is -0.460 e. The van der Waals surface area contributed by atoms with Crippen molar-refractivity contribution in [3.63, 3.8) is 0 Å². The molecule has 0 saturated carbocycles. The molecule has 94 valence electrons. The van der Waals surface area contributed by atoms with Crippen LogP contribution in [0.4, 0.5) is 8.78 Å². The van der Waals surface area contributed by atoms with Gasteiger partial charge in [-0.25, -0.2) is 18.6 Å². The molecule has 0 radical (unpaired) electrons. The first-order chi connectivity index (χ1) is 8.61. The van der Waals surface area contributed by atoms with E-state index in [-0.39, 0.29) is 23.7 Å².